The zero-order valence-corrected chi connectivity index (χ0v) is 11.3. The number of aliphatic carboxylic acids is 2. The van der Waals surface area contributed by atoms with Crippen molar-refractivity contribution in [1.82, 2.24) is 10.6 Å². The molecular formula is C11H19N3O6. The molecule has 0 aromatic rings. The summed E-state index contributed by atoms with van der Waals surface area (Å²) in [5.74, 6) is -3.77. The quantitative estimate of drug-likeness (QED) is 0.355. The molecule has 0 saturated heterocycles. The van der Waals surface area contributed by atoms with E-state index in [1.54, 1.807) is 0 Å². The van der Waals surface area contributed by atoms with Crippen LogP contribution < -0.4 is 16.4 Å². The van der Waals surface area contributed by atoms with Crippen molar-refractivity contribution in [2.45, 2.75) is 44.8 Å². The summed E-state index contributed by atoms with van der Waals surface area (Å²) in [6.07, 6.45) is -0.509. The third-order valence-corrected chi connectivity index (χ3v) is 2.42. The lowest BCUT2D eigenvalue weighted by Crippen LogP contribution is -2.53. The molecule has 0 aromatic carbocycles. The molecule has 0 aliphatic rings. The lowest BCUT2D eigenvalue weighted by atomic mass is 10.1. The van der Waals surface area contributed by atoms with Gasteiger partial charge in [0, 0.05) is 6.42 Å². The van der Waals surface area contributed by atoms with E-state index in [2.05, 4.69) is 10.6 Å². The Hall–Kier alpha value is -2.16. The number of carboxylic acids is 2. The van der Waals surface area contributed by atoms with Gasteiger partial charge in [-0.25, -0.2) is 0 Å². The zero-order valence-electron chi connectivity index (χ0n) is 11.3. The summed E-state index contributed by atoms with van der Waals surface area (Å²) in [5, 5.41) is 21.7. The van der Waals surface area contributed by atoms with E-state index < -0.39 is 41.9 Å². The van der Waals surface area contributed by atoms with Crippen LogP contribution in [0.2, 0.25) is 0 Å². The van der Waals surface area contributed by atoms with Gasteiger partial charge in [0.2, 0.25) is 11.8 Å². The van der Waals surface area contributed by atoms with Crippen LogP contribution in [0.1, 0.15) is 26.7 Å². The highest BCUT2D eigenvalue weighted by atomic mass is 16.4. The number of carbonyl (C=O) groups excluding carboxylic acids is 2. The van der Waals surface area contributed by atoms with Gasteiger partial charge in [-0.15, -0.1) is 0 Å². The molecule has 2 amide bonds. The van der Waals surface area contributed by atoms with E-state index in [9.17, 15) is 19.2 Å². The van der Waals surface area contributed by atoms with Gasteiger partial charge in [-0.05, 0) is 20.3 Å². The Morgan fingerprint density at radius 1 is 1.05 bits per heavy atom. The minimum Gasteiger partial charge on any atom is -0.481 e. The standard InChI is InChI=1S/C11H19N3O6/c1-5(12)9(17)14-7(3-4-8(15)16)10(18)13-6(2)11(19)20/h5-7H,3-4,12H2,1-2H3,(H,13,18)(H,14,17)(H,15,16)(H,19,20)/t5-,6-,7-/m0/s1. The Labute approximate surface area is 115 Å². The predicted octanol–water partition coefficient (Wildman–Crippen LogP) is -1.73. The zero-order chi connectivity index (χ0) is 15.9. The first-order valence-electron chi connectivity index (χ1n) is 5.96. The van der Waals surface area contributed by atoms with Crippen LogP contribution in [0.4, 0.5) is 0 Å². The van der Waals surface area contributed by atoms with Crippen LogP contribution >= 0.6 is 0 Å². The average molecular weight is 289 g/mol. The monoisotopic (exact) mass is 289 g/mol. The van der Waals surface area contributed by atoms with Crippen molar-refractivity contribution < 1.29 is 29.4 Å². The summed E-state index contributed by atoms with van der Waals surface area (Å²) in [5.41, 5.74) is 5.34. The topological polar surface area (TPSA) is 159 Å². The van der Waals surface area contributed by atoms with Crippen LogP contribution in [0.5, 0.6) is 0 Å². The van der Waals surface area contributed by atoms with Crippen molar-refractivity contribution in [3.8, 4) is 0 Å². The lowest BCUT2D eigenvalue weighted by molar-refractivity contribution is -0.142. The normalized spacial score (nSPS) is 14.8. The number of hydrogen-bond donors (Lipinski definition) is 5. The van der Waals surface area contributed by atoms with Crippen LogP contribution in [0.3, 0.4) is 0 Å². The summed E-state index contributed by atoms with van der Waals surface area (Å²) >= 11 is 0. The molecule has 20 heavy (non-hydrogen) atoms. The first-order chi connectivity index (χ1) is 9.15. The maximum absolute atomic E-state index is 11.8. The van der Waals surface area contributed by atoms with Gasteiger partial charge in [-0.3, -0.25) is 19.2 Å². The SMILES string of the molecule is C[C@H](N)C(=O)N[C@@H](CCC(=O)O)C(=O)N[C@@H](C)C(=O)O. The van der Waals surface area contributed by atoms with Crippen molar-refractivity contribution in [2.75, 3.05) is 0 Å². The van der Waals surface area contributed by atoms with Crippen molar-refractivity contribution in [3.05, 3.63) is 0 Å². The first-order valence-corrected chi connectivity index (χ1v) is 5.96. The van der Waals surface area contributed by atoms with Gasteiger partial charge >= 0.3 is 11.9 Å². The van der Waals surface area contributed by atoms with Gasteiger partial charge in [0.05, 0.1) is 6.04 Å². The fraction of sp³-hybridized carbons (Fsp3) is 0.636. The maximum atomic E-state index is 11.8. The van der Waals surface area contributed by atoms with E-state index in [0.29, 0.717) is 0 Å². The minimum atomic E-state index is -1.24. The number of hydrogen-bond acceptors (Lipinski definition) is 5. The van der Waals surface area contributed by atoms with E-state index in [-0.39, 0.29) is 12.8 Å². The number of rotatable bonds is 8. The molecule has 3 atom stereocenters. The van der Waals surface area contributed by atoms with Crippen LogP contribution in [-0.4, -0.2) is 52.1 Å². The van der Waals surface area contributed by atoms with E-state index in [1.807, 2.05) is 0 Å². The molecule has 6 N–H and O–H groups in total. The molecular weight excluding hydrogens is 270 g/mol. The van der Waals surface area contributed by atoms with Gasteiger partial charge < -0.3 is 26.6 Å². The van der Waals surface area contributed by atoms with Gasteiger partial charge in [-0.1, -0.05) is 0 Å². The Kier molecular flexibility index (Phi) is 7.22. The van der Waals surface area contributed by atoms with Gasteiger partial charge in [0.1, 0.15) is 12.1 Å². The molecule has 0 saturated carbocycles. The molecule has 0 fully saturated rings. The molecule has 0 aliphatic heterocycles. The summed E-state index contributed by atoms with van der Waals surface area (Å²) in [6, 6.07) is -3.17. The molecule has 114 valence electrons. The van der Waals surface area contributed by atoms with E-state index >= 15 is 0 Å². The number of carboxylic acid groups (broad SMARTS) is 2. The highest BCUT2D eigenvalue weighted by Crippen LogP contribution is 2.00. The maximum Gasteiger partial charge on any atom is 0.325 e. The predicted molar refractivity (Wildman–Crippen MR) is 67.7 cm³/mol. The molecule has 0 spiro atoms. The molecule has 0 rings (SSSR count). The third-order valence-electron chi connectivity index (χ3n) is 2.42. The lowest BCUT2D eigenvalue weighted by Gasteiger charge is -2.20. The Balaban J connectivity index is 4.73. The van der Waals surface area contributed by atoms with Crippen molar-refractivity contribution in [1.29, 1.82) is 0 Å². The molecule has 9 heteroatoms. The van der Waals surface area contributed by atoms with Gasteiger partial charge in [0.25, 0.3) is 0 Å². The van der Waals surface area contributed by atoms with E-state index in [1.165, 1.54) is 13.8 Å². The minimum absolute atomic E-state index is 0.161. The highest BCUT2D eigenvalue weighted by molar-refractivity contribution is 5.91. The van der Waals surface area contributed by atoms with Crippen LogP contribution in [0, 0.1) is 0 Å². The number of nitrogens with one attached hydrogen (secondary N) is 2. The van der Waals surface area contributed by atoms with Gasteiger partial charge in [0.15, 0.2) is 0 Å². The molecule has 0 radical (unpaired) electrons. The molecule has 0 aromatic heterocycles. The Morgan fingerprint density at radius 3 is 2.00 bits per heavy atom. The molecule has 0 unspecified atom stereocenters. The largest absolute Gasteiger partial charge is 0.481 e. The van der Waals surface area contributed by atoms with Crippen molar-refractivity contribution in [3.63, 3.8) is 0 Å². The van der Waals surface area contributed by atoms with Crippen molar-refractivity contribution in [2.24, 2.45) is 5.73 Å². The molecule has 9 nitrogen and oxygen atoms in total. The Morgan fingerprint density at radius 2 is 1.60 bits per heavy atom. The average Bonchev–Trinajstić information content (AvgIpc) is 2.33. The first kappa shape index (κ1) is 17.8. The summed E-state index contributed by atoms with van der Waals surface area (Å²) in [7, 11) is 0. The van der Waals surface area contributed by atoms with Gasteiger partial charge in [-0.2, -0.15) is 0 Å². The Bertz CT molecular complexity index is 396. The fourth-order valence-electron chi connectivity index (χ4n) is 1.22. The second kappa shape index (κ2) is 8.10. The highest BCUT2D eigenvalue weighted by Gasteiger charge is 2.25. The van der Waals surface area contributed by atoms with E-state index in [4.69, 9.17) is 15.9 Å². The van der Waals surface area contributed by atoms with Crippen LogP contribution in [-0.2, 0) is 19.2 Å². The number of nitrogens with two attached hydrogens (primary N) is 1. The third kappa shape index (κ3) is 6.69. The summed E-state index contributed by atoms with van der Waals surface area (Å²) in [4.78, 5) is 44.4. The molecule has 0 bridgehead atoms. The fourth-order valence-corrected chi connectivity index (χ4v) is 1.22. The second-order valence-electron chi connectivity index (χ2n) is 4.35. The molecule has 0 heterocycles. The number of amides is 2. The smallest absolute Gasteiger partial charge is 0.325 e. The van der Waals surface area contributed by atoms with Crippen LogP contribution in [0.15, 0.2) is 0 Å². The van der Waals surface area contributed by atoms with Crippen LogP contribution in [0.25, 0.3) is 0 Å². The second-order valence-corrected chi connectivity index (χ2v) is 4.35. The van der Waals surface area contributed by atoms with E-state index in [0.717, 1.165) is 0 Å². The number of carbonyl (C=O) groups is 4. The molecule has 0 aliphatic carbocycles. The summed E-state index contributed by atoms with van der Waals surface area (Å²) < 4.78 is 0. The van der Waals surface area contributed by atoms with Crippen molar-refractivity contribution >= 4 is 23.8 Å². The summed E-state index contributed by atoms with van der Waals surface area (Å²) in [6.45, 7) is 2.66.